The first-order chi connectivity index (χ1) is 11.8. The van der Waals surface area contributed by atoms with Gasteiger partial charge in [-0.2, -0.15) is 0 Å². The molecule has 6 heteroatoms. The van der Waals surface area contributed by atoms with Crippen molar-refractivity contribution in [1.29, 1.82) is 5.41 Å². The molecule has 24 heavy (non-hydrogen) atoms. The Bertz CT molecular complexity index is 707. The standard InChI is InChI=1S/C18H25N5S/c1-2-23-13-16(24-15-9-6-10-20-12-15)22-18(17(23)19)21-11-14-7-4-3-5-8-14/h3-5,7-8,13,15,19-20H,2,6,9-12H2,1H3,(H,21,22). The number of anilines is 1. The van der Waals surface area contributed by atoms with Gasteiger partial charge in [0.05, 0.1) is 0 Å². The smallest absolute Gasteiger partial charge is 0.170 e. The molecule has 1 aliphatic heterocycles. The van der Waals surface area contributed by atoms with Crippen LogP contribution >= 0.6 is 11.8 Å². The monoisotopic (exact) mass is 343 g/mol. The maximum absolute atomic E-state index is 8.34. The first kappa shape index (κ1) is 17.0. The Morgan fingerprint density at radius 2 is 2.21 bits per heavy atom. The lowest BCUT2D eigenvalue weighted by molar-refractivity contribution is 0.530. The molecule has 1 fully saturated rings. The van der Waals surface area contributed by atoms with Gasteiger partial charge in [0.25, 0.3) is 0 Å². The molecular formula is C18H25N5S. The zero-order valence-corrected chi connectivity index (χ0v) is 14.9. The molecule has 1 aromatic carbocycles. The number of nitrogens with zero attached hydrogens (tertiary/aromatic N) is 2. The van der Waals surface area contributed by atoms with Gasteiger partial charge in [-0.3, -0.25) is 5.41 Å². The van der Waals surface area contributed by atoms with E-state index in [1.165, 1.54) is 18.4 Å². The number of piperidine rings is 1. The Hall–Kier alpha value is -1.79. The number of benzene rings is 1. The molecule has 0 bridgehead atoms. The van der Waals surface area contributed by atoms with Gasteiger partial charge in [-0.05, 0) is 31.9 Å². The summed E-state index contributed by atoms with van der Waals surface area (Å²) in [5.41, 5.74) is 1.64. The molecule has 1 unspecified atom stereocenters. The zero-order chi connectivity index (χ0) is 16.8. The predicted molar refractivity (Wildman–Crippen MR) is 99.3 cm³/mol. The lowest BCUT2D eigenvalue weighted by Crippen LogP contribution is -2.32. The van der Waals surface area contributed by atoms with Crippen molar-refractivity contribution >= 4 is 17.6 Å². The molecule has 0 saturated carbocycles. The molecule has 2 aromatic rings. The molecule has 2 heterocycles. The fourth-order valence-electron chi connectivity index (χ4n) is 2.83. The highest BCUT2D eigenvalue weighted by Gasteiger charge is 2.16. The largest absolute Gasteiger partial charge is 0.363 e. The zero-order valence-electron chi connectivity index (χ0n) is 14.1. The van der Waals surface area contributed by atoms with Crippen LogP contribution in [0.3, 0.4) is 0 Å². The van der Waals surface area contributed by atoms with Crippen molar-refractivity contribution in [1.82, 2.24) is 14.9 Å². The summed E-state index contributed by atoms with van der Waals surface area (Å²) < 4.78 is 1.96. The minimum Gasteiger partial charge on any atom is -0.363 e. The topological polar surface area (TPSA) is 65.7 Å². The molecule has 3 N–H and O–H groups in total. The third kappa shape index (κ3) is 4.39. The molecule has 5 nitrogen and oxygen atoms in total. The summed E-state index contributed by atoms with van der Waals surface area (Å²) >= 11 is 1.82. The van der Waals surface area contributed by atoms with Crippen molar-refractivity contribution in [2.24, 2.45) is 0 Å². The van der Waals surface area contributed by atoms with Crippen LogP contribution < -0.4 is 16.1 Å². The Labute approximate surface area is 147 Å². The van der Waals surface area contributed by atoms with E-state index in [0.717, 1.165) is 24.7 Å². The van der Waals surface area contributed by atoms with Crippen LogP contribution in [0.25, 0.3) is 0 Å². The van der Waals surface area contributed by atoms with Gasteiger partial charge in [0.2, 0.25) is 0 Å². The Morgan fingerprint density at radius 1 is 1.38 bits per heavy atom. The fraction of sp³-hybridized carbons (Fsp3) is 0.444. The molecule has 0 radical (unpaired) electrons. The molecule has 0 spiro atoms. The van der Waals surface area contributed by atoms with Crippen LogP contribution in [0.4, 0.5) is 5.82 Å². The number of hydrogen-bond donors (Lipinski definition) is 3. The first-order valence-electron chi connectivity index (χ1n) is 8.57. The fourth-order valence-corrected chi connectivity index (χ4v) is 3.99. The van der Waals surface area contributed by atoms with Crippen LogP contribution in [-0.2, 0) is 13.1 Å². The molecule has 0 amide bonds. The van der Waals surface area contributed by atoms with E-state index in [4.69, 9.17) is 10.4 Å². The normalized spacial score (nSPS) is 17.6. The van der Waals surface area contributed by atoms with E-state index in [2.05, 4.69) is 29.7 Å². The summed E-state index contributed by atoms with van der Waals surface area (Å²) in [5.74, 6) is 0.662. The molecule has 1 atom stereocenters. The molecule has 1 saturated heterocycles. The van der Waals surface area contributed by atoms with Gasteiger partial charge in [0.1, 0.15) is 5.03 Å². The van der Waals surface area contributed by atoms with E-state index >= 15 is 0 Å². The number of rotatable bonds is 6. The number of nitrogens with one attached hydrogen (secondary N) is 3. The second kappa shape index (κ2) is 8.35. The number of thioether (sulfide) groups is 1. The summed E-state index contributed by atoms with van der Waals surface area (Å²) in [4.78, 5) is 4.71. The molecule has 1 aliphatic rings. The van der Waals surface area contributed by atoms with Gasteiger partial charge >= 0.3 is 0 Å². The second-order valence-electron chi connectivity index (χ2n) is 5.99. The van der Waals surface area contributed by atoms with Crippen molar-refractivity contribution < 1.29 is 0 Å². The van der Waals surface area contributed by atoms with Gasteiger partial charge in [-0.1, -0.05) is 30.3 Å². The second-order valence-corrected chi connectivity index (χ2v) is 7.31. The van der Waals surface area contributed by atoms with Crippen molar-refractivity contribution in [3.8, 4) is 0 Å². The summed E-state index contributed by atoms with van der Waals surface area (Å²) in [6.45, 7) is 5.68. The molecule has 1 aromatic heterocycles. The van der Waals surface area contributed by atoms with Crippen LogP contribution in [0.1, 0.15) is 25.3 Å². The van der Waals surface area contributed by atoms with E-state index in [1.807, 2.05) is 40.7 Å². The summed E-state index contributed by atoms with van der Waals surface area (Å²) in [7, 11) is 0. The highest BCUT2D eigenvalue weighted by atomic mass is 32.2. The van der Waals surface area contributed by atoms with E-state index in [9.17, 15) is 0 Å². The molecule has 0 aliphatic carbocycles. The van der Waals surface area contributed by atoms with Gasteiger partial charge in [-0.25, -0.2) is 4.98 Å². The van der Waals surface area contributed by atoms with Crippen molar-refractivity contribution in [3.63, 3.8) is 0 Å². The summed E-state index contributed by atoms with van der Waals surface area (Å²) in [6, 6.07) is 10.2. The SMILES string of the molecule is CCn1cc(SC2CCCNC2)nc(NCc2ccccc2)c1=N. The highest BCUT2D eigenvalue weighted by molar-refractivity contribution is 7.99. The lowest BCUT2D eigenvalue weighted by Gasteiger charge is -2.22. The van der Waals surface area contributed by atoms with Gasteiger partial charge in [-0.15, -0.1) is 11.8 Å². The molecule has 3 rings (SSSR count). The Kier molecular flexibility index (Phi) is 5.93. The predicted octanol–water partition coefficient (Wildman–Crippen LogP) is 2.84. The van der Waals surface area contributed by atoms with Crippen LogP contribution in [-0.4, -0.2) is 27.9 Å². The van der Waals surface area contributed by atoms with Crippen LogP contribution in [0, 0.1) is 5.41 Å². The van der Waals surface area contributed by atoms with Crippen molar-refractivity contribution in [2.45, 2.75) is 43.1 Å². The maximum atomic E-state index is 8.34. The average Bonchev–Trinajstić information content (AvgIpc) is 2.63. The average molecular weight is 344 g/mol. The minimum absolute atomic E-state index is 0.444. The van der Waals surface area contributed by atoms with E-state index < -0.39 is 0 Å². The van der Waals surface area contributed by atoms with E-state index in [1.54, 1.807) is 0 Å². The van der Waals surface area contributed by atoms with Crippen LogP contribution in [0.15, 0.2) is 41.6 Å². The summed E-state index contributed by atoms with van der Waals surface area (Å²) in [5, 5.41) is 16.7. The summed E-state index contributed by atoms with van der Waals surface area (Å²) in [6.07, 6.45) is 4.46. The van der Waals surface area contributed by atoms with Gasteiger partial charge in [0.15, 0.2) is 11.3 Å². The first-order valence-corrected chi connectivity index (χ1v) is 9.45. The highest BCUT2D eigenvalue weighted by Crippen LogP contribution is 2.26. The number of aromatic nitrogens is 2. The quantitative estimate of drug-likeness (QED) is 0.755. The van der Waals surface area contributed by atoms with Gasteiger partial charge in [0, 0.05) is 31.1 Å². The minimum atomic E-state index is 0.444. The van der Waals surface area contributed by atoms with Crippen LogP contribution in [0.5, 0.6) is 0 Å². The lowest BCUT2D eigenvalue weighted by atomic mass is 10.2. The van der Waals surface area contributed by atoms with Crippen LogP contribution in [0.2, 0.25) is 0 Å². The molecule has 128 valence electrons. The molecular weight excluding hydrogens is 318 g/mol. The van der Waals surface area contributed by atoms with Gasteiger partial charge < -0.3 is 15.2 Å². The number of aryl methyl sites for hydroxylation is 1. The number of hydrogen-bond acceptors (Lipinski definition) is 5. The third-order valence-electron chi connectivity index (χ3n) is 4.18. The van der Waals surface area contributed by atoms with Crippen molar-refractivity contribution in [3.05, 3.63) is 47.6 Å². The Morgan fingerprint density at radius 3 is 2.92 bits per heavy atom. The maximum Gasteiger partial charge on any atom is 0.170 e. The van der Waals surface area contributed by atoms with E-state index in [0.29, 0.717) is 23.1 Å². The Balaban J connectivity index is 1.76. The van der Waals surface area contributed by atoms with Crippen molar-refractivity contribution in [2.75, 3.05) is 18.4 Å². The third-order valence-corrected chi connectivity index (χ3v) is 5.36. The van der Waals surface area contributed by atoms with E-state index in [-0.39, 0.29) is 0 Å².